The molecule has 0 bridgehead atoms. The molecule has 12 atom stereocenters. The SMILES string of the molecule is C[C@]12CC[C@@H](OC3OC(C(=O)O)C(O)C(O)C3O)C[C@@H]1CC[C@@H]1[C@@H]2CC[C@]2(C)C(=O)CC[C@@H]12. The number of ketones is 1. The molecule has 5 aliphatic rings. The molecule has 0 radical (unpaired) electrons. The van der Waals surface area contributed by atoms with E-state index < -0.39 is 36.7 Å². The average molecular weight is 467 g/mol. The Kier molecular flexibility index (Phi) is 5.93. The second-order valence-corrected chi connectivity index (χ2v) is 11.8. The molecule has 0 aromatic carbocycles. The molecule has 1 heterocycles. The number of Topliss-reactive ketones (excluding diaryl/α,β-unsaturated/α-hetero) is 1. The highest BCUT2D eigenvalue weighted by atomic mass is 16.7. The van der Waals surface area contributed by atoms with Crippen molar-refractivity contribution in [3.8, 4) is 0 Å². The Bertz CT molecular complexity index is 801. The number of ether oxygens (including phenoxy) is 2. The van der Waals surface area contributed by atoms with E-state index in [2.05, 4.69) is 13.8 Å². The van der Waals surface area contributed by atoms with Crippen LogP contribution >= 0.6 is 0 Å². The van der Waals surface area contributed by atoms with Crippen LogP contribution in [0.2, 0.25) is 0 Å². The molecule has 1 aliphatic heterocycles. The second-order valence-electron chi connectivity index (χ2n) is 11.8. The molecule has 4 aliphatic carbocycles. The topological polar surface area (TPSA) is 134 Å². The van der Waals surface area contributed by atoms with Crippen molar-refractivity contribution >= 4 is 11.8 Å². The first kappa shape index (κ1) is 23.7. The maximum Gasteiger partial charge on any atom is 0.335 e. The molecule has 0 amide bonds. The Morgan fingerprint density at radius 1 is 0.970 bits per heavy atom. The monoisotopic (exact) mass is 466 g/mol. The van der Waals surface area contributed by atoms with Gasteiger partial charge in [-0.25, -0.2) is 4.79 Å². The minimum absolute atomic E-state index is 0.120. The molecule has 4 N–H and O–H groups in total. The van der Waals surface area contributed by atoms with Crippen LogP contribution in [0.4, 0.5) is 0 Å². The van der Waals surface area contributed by atoms with Gasteiger partial charge in [-0.05, 0) is 80.5 Å². The zero-order valence-corrected chi connectivity index (χ0v) is 19.6. The predicted molar refractivity (Wildman–Crippen MR) is 116 cm³/mol. The number of aliphatic hydroxyl groups excluding tert-OH is 3. The maximum atomic E-state index is 12.6. The molecule has 5 fully saturated rings. The molecular formula is C25H38O8. The van der Waals surface area contributed by atoms with Crippen LogP contribution in [0.1, 0.15) is 71.6 Å². The highest BCUT2D eigenvalue weighted by Gasteiger charge is 2.60. The fourth-order valence-corrected chi connectivity index (χ4v) is 8.47. The number of aliphatic hydroxyl groups is 3. The first-order chi connectivity index (χ1) is 15.6. The van der Waals surface area contributed by atoms with E-state index >= 15 is 0 Å². The van der Waals surface area contributed by atoms with E-state index in [0.717, 1.165) is 57.8 Å². The van der Waals surface area contributed by atoms with E-state index in [1.54, 1.807) is 0 Å². The molecule has 8 heteroatoms. The third-order valence-corrected chi connectivity index (χ3v) is 10.5. The molecule has 4 saturated carbocycles. The lowest BCUT2D eigenvalue weighted by molar-refractivity contribution is -0.309. The molecule has 5 unspecified atom stereocenters. The number of carboxylic acids is 1. The van der Waals surface area contributed by atoms with Gasteiger partial charge in [-0.3, -0.25) is 4.79 Å². The summed E-state index contributed by atoms with van der Waals surface area (Å²) in [6.45, 7) is 4.62. The van der Waals surface area contributed by atoms with Crippen LogP contribution in [0.25, 0.3) is 0 Å². The van der Waals surface area contributed by atoms with Crippen LogP contribution in [0, 0.1) is 34.5 Å². The van der Waals surface area contributed by atoms with Crippen molar-refractivity contribution in [3.05, 3.63) is 0 Å². The highest BCUT2D eigenvalue weighted by Crippen LogP contribution is 2.65. The van der Waals surface area contributed by atoms with Crippen LogP contribution in [-0.4, -0.2) is 69.0 Å². The summed E-state index contributed by atoms with van der Waals surface area (Å²) in [6.07, 6.45) is 0.719. The summed E-state index contributed by atoms with van der Waals surface area (Å²) in [6, 6.07) is 0. The Hall–Kier alpha value is -1.06. The van der Waals surface area contributed by atoms with E-state index in [4.69, 9.17) is 9.47 Å². The van der Waals surface area contributed by atoms with Crippen molar-refractivity contribution in [3.63, 3.8) is 0 Å². The summed E-state index contributed by atoms with van der Waals surface area (Å²) in [4.78, 5) is 24.0. The van der Waals surface area contributed by atoms with Gasteiger partial charge in [-0.2, -0.15) is 0 Å². The van der Waals surface area contributed by atoms with Gasteiger partial charge < -0.3 is 29.9 Å². The van der Waals surface area contributed by atoms with E-state index in [1.165, 1.54) is 0 Å². The van der Waals surface area contributed by atoms with Gasteiger partial charge in [-0.15, -0.1) is 0 Å². The first-order valence-electron chi connectivity index (χ1n) is 12.7. The van der Waals surface area contributed by atoms with Gasteiger partial charge in [0.05, 0.1) is 6.10 Å². The van der Waals surface area contributed by atoms with E-state index in [-0.39, 0.29) is 16.9 Å². The fraction of sp³-hybridized carbons (Fsp3) is 0.920. The number of carbonyl (C=O) groups excluding carboxylic acids is 1. The molecule has 0 aromatic rings. The lowest BCUT2D eigenvalue weighted by Gasteiger charge is -2.60. The fourth-order valence-electron chi connectivity index (χ4n) is 8.47. The summed E-state index contributed by atoms with van der Waals surface area (Å²) >= 11 is 0. The number of carbonyl (C=O) groups is 2. The number of aliphatic carboxylic acids is 1. The molecule has 186 valence electrons. The third kappa shape index (κ3) is 3.59. The normalized spacial score (nSPS) is 54.3. The summed E-state index contributed by atoms with van der Waals surface area (Å²) in [5, 5.41) is 39.6. The van der Waals surface area contributed by atoms with Gasteiger partial charge in [0, 0.05) is 11.8 Å². The van der Waals surface area contributed by atoms with Crippen molar-refractivity contribution in [2.24, 2.45) is 34.5 Å². The summed E-state index contributed by atoms with van der Waals surface area (Å²) < 4.78 is 11.4. The first-order valence-corrected chi connectivity index (χ1v) is 12.7. The van der Waals surface area contributed by atoms with Gasteiger partial charge in [0.25, 0.3) is 0 Å². The summed E-state index contributed by atoms with van der Waals surface area (Å²) in [5.41, 5.74) is 0.0757. The van der Waals surface area contributed by atoms with Crippen LogP contribution in [0.5, 0.6) is 0 Å². The van der Waals surface area contributed by atoms with E-state index in [1.807, 2.05) is 0 Å². The zero-order valence-electron chi connectivity index (χ0n) is 19.6. The minimum Gasteiger partial charge on any atom is -0.479 e. The number of hydrogen-bond acceptors (Lipinski definition) is 7. The lowest BCUT2D eigenvalue weighted by atomic mass is 9.45. The smallest absolute Gasteiger partial charge is 0.335 e. The molecule has 1 saturated heterocycles. The van der Waals surface area contributed by atoms with Crippen LogP contribution in [0.3, 0.4) is 0 Å². The third-order valence-electron chi connectivity index (χ3n) is 10.5. The Labute approximate surface area is 194 Å². The zero-order chi connectivity index (χ0) is 23.7. The molecule has 5 rings (SSSR count). The Balaban J connectivity index is 1.26. The molecule has 0 aromatic heterocycles. The number of carboxylic acid groups (broad SMARTS) is 1. The number of hydrogen-bond donors (Lipinski definition) is 4. The standard InChI is InChI=1S/C25H38O8/c1-24-9-7-13(32-23-20(29)18(27)19(28)21(33-23)22(30)31)11-12(24)3-4-14-15-5-6-17(26)25(15,2)10-8-16(14)24/h12-16,18-21,23,27-29H,3-11H2,1-2H3,(H,30,31)/t12-,13+,14-,15-,16-,18?,19?,20?,21?,23?,24-,25-/m0/s1. The van der Waals surface area contributed by atoms with Crippen LogP contribution in [0.15, 0.2) is 0 Å². The largest absolute Gasteiger partial charge is 0.479 e. The van der Waals surface area contributed by atoms with Crippen molar-refractivity contribution in [2.75, 3.05) is 0 Å². The molecular weight excluding hydrogens is 428 g/mol. The van der Waals surface area contributed by atoms with Gasteiger partial charge >= 0.3 is 5.97 Å². The number of fused-ring (bicyclic) bond motifs is 5. The van der Waals surface area contributed by atoms with E-state index in [0.29, 0.717) is 29.5 Å². The Morgan fingerprint density at radius 2 is 1.73 bits per heavy atom. The average Bonchev–Trinajstić information content (AvgIpc) is 3.08. The van der Waals surface area contributed by atoms with Gasteiger partial charge in [0.2, 0.25) is 0 Å². The maximum absolute atomic E-state index is 12.6. The van der Waals surface area contributed by atoms with Gasteiger partial charge in [0.15, 0.2) is 12.4 Å². The predicted octanol–water partition coefficient (Wildman–Crippen LogP) is 1.88. The van der Waals surface area contributed by atoms with Crippen LogP contribution < -0.4 is 0 Å². The van der Waals surface area contributed by atoms with Gasteiger partial charge in [-0.1, -0.05) is 13.8 Å². The summed E-state index contributed by atoms with van der Waals surface area (Å²) in [7, 11) is 0. The summed E-state index contributed by atoms with van der Waals surface area (Å²) in [5.74, 6) is 1.28. The molecule has 0 spiro atoms. The molecule has 33 heavy (non-hydrogen) atoms. The van der Waals surface area contributed by atoms with Gasteiger partial charge in [0.1, 0.15) is 24.1 Å². The highest BCUT2D eigenvalue weighted by molar-refractivity contribution is 5.87. The van der Waals surface area contributed by atoms with Crippen molar-refractivity contribution in [1.82, 2.24) is 0 Å². The van der Waals surface area contributed by atoms with Crippen molar-refractivity contribution < 1.29 is 39.5 Å². The quantitative estimate of drug-likeness (QED) is 0.463. The number of rotatable bonds is 3. The Morgan fingerprint density at radius 3 is 2.45 bits per heavy atom. The lowest BCUT2D eigenvalue weighted by Crippen LogP contribution is -2.61. The van der Waals surface area contributed by atoms with Crippen LogP contribution in [-0.2, 0) is 19.1 Å². The van der Waals surface area contributed by atoms with Crippen molar-refractivity contribution in [1.29, 1.82) is 0 Å². The minimum atomic E-state index is -1.71. The van der Waals surface area contributed by atoms with Crippen molar-refractivity contribution in [2.45, 2.75) is 108 Å². The van der Waals surface area contributed by atoms with E-state index in [9.17, 15) is 30.0 Å². The second kappa shape index (κ2) is 8.26. The molecule has 8 nitrogen and oxygen atoms in total.